The molecule has 1 N–H and O–H groups in total. The Kier molecular flexibility index (Phi) is 4.27. The van der Waals surface area contributed by atoms with Gasteiger partial charge in [0.05, 0.1) is 0 Å². The van der Waals surface area contributed by atoms with Crippen LogP contribution in [0.2, 0.25) is 0 Å². The van der Waals surface area contributed by atoms with Crippen LogP contribution in [0.25, 0.3) is 0 Å². The topological polar surface area (TPSA) is 66.8 Å². The molecule has 1 aromatic carbocycles. The number of halogens is 1. The predicted molar refractivity (Wildman–Crippen MR) is 81.2 cm³/mol. The quantitative estimate of drug-likeness (QED) is 0.838. The summed E-state index contributed by atoms with van der Waals surface area (Å²) in [6.07, 6.45) is 0.000268. The minimum Gasteiger partial charge on any atom is -0.479 e. The fraction of sp³-hybridized carbons (Fsp3) is 0.467. The van der Waals surface area contributed by atoms with Crippen LogP contribution in [0.4, 0.5) is 4.79 Å². The average molecular weight is 356 g/mol. The molecule has 1 aliphatic rings. The summed E-state index contributed by atoms with van der Waals surface area (Å²) in [7, 11) is 0. The summed E-state index contributed by atoms with van der Waals surface area (Å²) < 4.78 is 6.19. The van der Waals surface area contributed by atoms with E-state index >= 15 is 0 Å². The number of aliphatic carboxylic acids is 1. The van der Waals surface area contributed by atoms with Gasteiger partial charge >= 0.3 is 12.1 Å². The van der Waals surface area contributed by atoms with E-state index in [4.69, 9.17) is 4.74 Å². The van der Waals surface area contributed by atoms with E-state index in [1.165, 1.54) is 4.90 Å². The highest BCUT2D eigenvalue weighted by Gasteiger charge is 2.38. The van der Waals surface area contributed by atoms with E-state index in [2.05, 4.69) is 15.9 Å². The van der Waals surface area contributed by atoms with Gasteiger partial charge in [-0.15, -0.1) is 0 Å². The monoisotopic (exact) mass is 355 g/mol. The van der Waals surface area contributed by atoms with Crippen molar-refractivity contribution in [3.8, 4) is 0 Å². The van der Waals surface area contributed by atoms with Crippen LogP contribution in [-0.4, -0.2) is 34.2 Å². The highest BCUT2D eigenvalue weighted by molar-refractivity contribution is 9.10. The molecule has 114 valence electrons. The molecule has 0 fully saturated rings. The standard InChI is InChI=1S/C15H18BrNO4/c1-15(2,3)21-14(20)17-8-7-9-10(12(17)13(18)19)5-4-6-11(9)16/h4-6,12H,7-8H2,1-3H3,(H,18,19)/t12-/m1/s1. The Morgan fingerprint density at radius 1 is 1.38 bits per heavy atom. The van der Waals surface area contributed by atoms with Crippen LogP contribution in [0.3, 0.4) is 0 Å². The third-order valence-corrected chi connectivity index (χ3v) is 3.97. The fourth-order valence-corrected chi connectivity index (χ4v) is 2.99. The molecule has 1 aromatic rings. The number of rotatable bonds is 1. The second-order valence-electron chi connectivity index (χ2n) is 5.97. The number of nitrogens with zero attached hydrogens (tertiary/aromatic N) is 1. The molecule has 5 nitrogen and oxygen atoms in total. The van der Waals surface area contributed by atoms with Crippen LogP contribution in [0.15, 0.2) is 22.7 Å². The molecule has 0 saturated heterocycles. The first kappa shape index (κ1) is 15.8. The van der Waals surface area contributed by atoms with Crippen molar-refractivity contribution in [3.63, 3.8) is 0 Å². The number of ether oxygens (including phenoxy) is 1. The Bertz CT molecular complexity index is 580. The van der Waals surface area contributed by atoms with Crippen molar-refractivity contribution in [1.82, 2.24) is 4.90 Å². The predicted octanol–water partition coefficient (Wildman–Crippen LogP) is 3.37. The second-order valence-corrected chi connectivity index (χ2v) is 6.83. The van der Waals surface area contributed by atoms with E-state index in [1.54, 1.807) is 32.9 Å². The molecule has 0 spiro atoms. The normalized spacial score (nSPS) is 18.1. The largest absolute Gasteiger partial charge is 0.479 e. The molecule has 1 atom stereocenters. The van der Waals surface area contributed by atoms with Crippen molar-refractivity contribution in [2.75, 3.05) is 6.54 Å². The summed E-state index contributed by atoms with van der Waals surface area (Å²) >= 11 is 3.44. The van der Waals surface area contributed by atoms with Gasteiger partial charge in [-0.3, -0.25) is 4.90 Å². The van der Waals surface area contributed by atoms with E-state index in [9.17, 15) is 14.7 Å². The third kappa shape index (κ3) is 3.37. The van der Waals surface area contributed by atoms with Crippen LogP contribution < -0.4 is 0 Å². The van der Waals surface area contributed by atoms with Gasteiger partial charge in [-0.05, 0) is 44.4 Å². The van der Waals surface area contributed by atoms with Crippen LogP contribution in [0.1, 0.15) is 37.9 Å². The van der Waals surface area contributed by atoms with E-state index in [0.717, 1.165) is 10.0 Å². The van der Waals surface area contributed by atoms with Gasteiger partial charge in [0.25, 0.3) is 0 Å². The molecule has 21 heavy (non-hydrogen) atoms. The lowest BCUT2D eigenvalue weighted by Crippen LogP contribution is -2.45. The van der Waals surface area contributed by atoms with E-state index < -0.39 is 23.7 Å². The maximum Gasteiger partial charge on any atom is 0.411 e. The molecular weight excluding hydrogens is 338 g/mol. The molecule has 2 rings (SSSR count). The molecule has 0 saturated carbocycles. The van der Waals surface area contributed by atoms with Crippen LogP contribution >= 0.6 is 15.9 Å². The maximum absolute atomic E-state index is 12.3. The Labute approximate surface area is 132 Å². The van der Waals surface area contributed by atoms with Crippen molar-refractivity contribution in [2.24, 2.45) is 0 Å². The first-order chi connectivity index (χ1) is 9.70. The molecule has 0 unspecified atom stereocenters. The number of carboxylic acid groups (broad SMARTS) is 1. The maximum atomic E-state index is 12.3. The first-order valence-corrected chi connectivity index (χ1v) is 7.50. The molecular formula is C15H18BrNO4. The molecule has 0 aromatic heterocycles. The number of carbonyl (C=O) groups is 2. The molecule has 0 bridgehead atoms. The number of benzene rings is 1. The van der Waals surface area contributed by atoms with Crippen molar-refractivity contribution >= 4 is 28.0 Å². The van der Waals surface area contributed by atoms with Gasteiger partial charge in [0.1, 0.15) is 5.60 Å². The molecule has 6 heteroatoms. The highest BCUT2D eigenvalue weighted by Crippen LogP contribution is 2.34. The number of fused-ring (bicyclic) bond motifs is 1. The second kappa shape index (κ2) is 5.67. The van der Waals surface area contributed by atoms with E-state index in [0.29, 0.717) is 18.5 Å². The third-order valence-electron chi connectivity index (χ3n) is 3.23. The SMILES string of the molecule is CC(C)(C)OC(=O)N1CCc2c(Br)cccc2[C@@H]1C(=O)O. The summed E-state index contributed by atoms with van der Waals surface area (Å²) in [6, 6.07) is 4.38. The molecule has 1 aliphatic heterocycles. The number of carboxylic acids is 1. The number of amides is 1. The summed E-state index contributed by atoms with van der Waals surface area (Å²) in [5.41, 5.74) is 0.913. The van der Waals surface area contributed by atoms with Gasteiger partial charge in [0, 0.05) is 11.0 Å². The molecule has 0 aliphatic carbocycles. The van der Waals surface area contributed by atoms with Gasteiger partial charge < -0.3 is 9.84 Å². The Hall–Kier alpha value is -1.56. The van der Waals surface area contributed by atoms with Gasteiger partial charge in [-0.2, -0.15) is 0 Å². The lowest BCUT2D eigenvalue weighted by atomic mass is 9.93. The van der Waals surface area contributed by atoms with Gasteiger partial charge in [0.2, 0.25) is 0 Å². The zero-order chi connectivity index (χ0) is 15.8. The number of hydrogen-bond donors (Lipinski definition) is 1. The molecule has 1 heterocycles. The van der Waals surface area contributed by atoms with Gasteiger partial charge in [-0.25, -0.2) is 9.59 Å². The molecule has 1 amide bonds. The molecule has 0 radical (unpaired) electrons. The number of hydrogen-bond acceptors (Lipinski definition) is 3. The Balaban J connectivity index is 2.37. The summed E-state index contributed by atoms with van der Waals surface area (Å²) in [6.45, 7) is 5.60. The Morgan fingerprint density at radius 3 is 2.62 bits per heavy atom. The average Bonchev–Trinajstić information content (AvgIpc) is 2.35. The zero-order valence-corrected chi connectivity index (χ0v) is 13.8. The summed E-state index contributed by atoms with van der Waals surface area (Å²) in [4.78, 5) is 25.2. The van der Waals surface area contributed by atoms with Crippen LogP contribution in [0, 0.1) is 0 Å². The van der Waals surface area contributed by atoms with Crippen molar-refractivity contribution in [2.45, 2.75) is 38.8 Å². The van der Waals surface area contributed by atoms with Crippen molar-refractivity contribution < 1.29 is 19.4 Å². The Morgan fingerprint density at radius 2 is 2.05 bits per heavy atom. The van der Waals surface area contributed by atoms with E-state index in [-0.39, 0.29) is 0 Å². The summed E-state index contributed by atoms with van der Waals surface area (Å²) in [5, 5.41) is 9.53. The lowest BCUT2D eigenvalue weighted by molar-refractivity contribution is -0.143. The first-order valence-electron chi connectivity index (χ1n) is 6.70. The zero-order valence-electron chi connectivity index (χ0n) is 12.2. The van der Waals surface area contributed by atoms with Gasteiger partial charge in [-0.1, -0.05) is 28.1 Å². The van der Waals surface area contributed by atoms with E-state index in [1.807, 2.05) is 6.07 Å². The summed E-state index contributed by atoms with van der Waals surface area (Å²) in [5.74, 6) is -1.06. The van der Waals surface area contributed by atoms with Crippen molar-refractivity contribution in [3.05, 3.63) is 33.8 Å². The highest BCUT2D eigenvalue weighted by atomic mass is 79.9. The van der Waals surface area contributed by atoms with Crippen LogP contribution in [-0.2, 0) is 16.0 Å². The fourth-order valence-electron chi connectivity index (χ4n) is 2.41. The minimum atomic E-state index is -1.06. The van der Waals surface area contributed by atoms with Gasteiger partial charge in [0.15, 0.2) is 6.04 Å². The van der Waals surface area contributed by atoms with Crippen LogP contribution in [0.5, 0.6) is 0 Å². The van der Waals surface area contributed by atoms with Crippen molar-refractivity contribution in [1.29, 1.82) is 0 Å². The number of carbonyl (C=O) groups excluding carboxylic acids is 1. The smallest absolute Gasteiger partial charge is 0.411 e. The lowest BCUT2D eigenvalue weighted by Gasteiger charge is -2.36. The minimum absolute atomic E-state index is 0.321.